The molecule has 1 aromatic heterocycles. The predicted molar refractivity (Wildman–Crippen MR) is 84.2 cm³/mol. The third-order valence-corrected chi connectivity index (χ3v) is 3.67. The van der Waals surface area contributed by atoms with Crippen LogP contribution in [0.2, 0.25) is 0 Å². The van der Waals surface area contributed by atoms with Gasteiger partial charge in [0.15, 0.2) is 0 Å². The van der Waals surface area contributed by atoms with Crippen LogP contribution in [0.25, 0.3) is 0 Å². The second-order valence-electron chi connectivity index (χ2n) is 4.99. The first-order chi connectivity index (χ1) is 10.1. The first-order valence-corrected chi connectivity index (χ1v) is 7.86. The van der Waals surface area contributed by atoms with E-state index in [1.165, 1.54) is 0 Å². The van der Waals surface area contributed by atoms with Crippen LogP contribution in [0.4, 0.5) is 5.82 Å². The van der Waals surface area contributed by atoms with Gasteiger partial charge in [-0.2, -0.15) is 0 Å². The van der Waals surface area contributed by atoms with Crippen LogP contribution in [-0.4, -0.2) is 35.9 Å². The van der Waals surface area contributed by atoms with Crippen LogP contribution in [0.5, 0.6) is 0 Å². The average molecular weight is 355 g/mol. The Morgan fingerprint density at radius 1 is 1.57 bits per heavy atom. The molecule has 0 radical (unpaired) electrons. The zero-order valence-electron chi connectivity index (χ0n) is 11.9. The first kappa shape index (κ1) is 15.8. The van der Waals surface area contributed by atoms with Gasteiger partial charge in [-0.15, -0.1) is 0 Å². The first-order valence-electron chi connectivity index (χ1n) is 7.07. The second kappa shape index (κ2) is 7.40. The summed E-state index contributed by atoms with van der Waals surface area (Å²) in [5.74, 6) is 0.431. The van der Waals surface area contributed by atoms with Crippen molar-refractivity contribution >= 4 is 33.6 Å². The molecule has 1 atom stereocenters. The highest BCUT2D eigenvalue weighted by atomic mass is 79.9. The van der Waals surface area contributed by atoms with Gasteiger partial charge in [0.05, 0.1) is 5.56 Å². The van der Waals surface area contributed by atoms with Crippen LogP contribution in [0.3, 0.4) is 0 Å². The molecule has 0 aromatic carbocycles. The zero-order valence-corrected chi connectivity index (χ0v) is 13.5. The highest BCUT2D eigenvalue weighted by Crippen LogP contribution is 2.18. The van der Waals surface area contributed by atoms with Gasteiger partial charge in [-0.05, 0) is 34.8 Å². The van der Waals surface area contributed by atoms with Gasteiger partial charge in [-0.1, -0.05) is 6.92 Å². The molecule has 0 spiro atoms. The Kier molecular flexibility index (Phi) is 5.55. The van der Waals surface area contributed by atoms with E-state index >= 15 is 0 Å². The van der Waals surface area contributed by atoms with Gasteiger partial charge in [0.1, 0.15) is 5.82 Å². The number of nitrogens with zero attached hydrogens (tertiary/aromatic N) is 1. The lowest BCUT2D eigenvalue weighted by atomic mass is 10.2. The summed E-state index contributed by atoms with van der Waals surface area (Å²) < 4.78 is 0.754. The predicted octanol–water partition coefficient (Wildman–Crippen LogP) is 1.67. The Balaban J connectivity index is 2.00. The number of pyridine rings is 1. The number of rotatable bonds is 6. The quantitative estimate of drug-likeness (QED) is 0.725. The summed E-state index contributed by atoms with van der Waals surface area (Å²) >= 11 is 3.33. The molecule has 1 saturated heterocycles. The molecule has 6 nitrogen and oxygen atoms in total. The minimum Gasteiger partial charge on any atom is -0.369 e. The van der Waals surface area contributed by atoms with E-state index in [1.54, 1.807) is 12.3 Å². The van der Waals surface area contributed by atoms with Crippen LogP contribution < -0.4 is 16.0 Å². The monoisotopic (exact) mass is 354 g/mol. The summed E-state index contributed by atoms with van der Waals surface area (Å²) in [7, 11) is 0. The largest absolute Gasteiger partial charge is 0.369 e. The number of aromatic nitrogens is 1. The lowest BCUT2D eigenvalue weighted by Gasteiger charge is -2.14. The van der Waals surface area contributed by atoms with E-state index in [0.29, 0.717) is 24.3 Å². The van der Waals surface area contributed by atoms with Crippen molar-refractivity contribution in [2.45, 2.75) is 32.2 Å². The molecule has 2 heterocycles. The van der Waals surface area contributed by atoms with Crippen molar-refractivity contribution in [2.75, 3.05) is 18.4 Å². The minimum absolute atomic E-state index is 0.0219. The standard InChI is InChI=1S/C14H19BrN4O2/c1-2-5-16-13-11(6-9(15)7-17-13)14(21)18-8-10-3-4-12(20)19-10/h6-7,10H,2-5,8H2,1H3,(H,16,17)(H,18,21)(H,19,20). The summed E-state index contributed by atoms with van der Waals surface area (Å²) in [4.78, 5) is 27.7. The Morgan fingerprint density at radius 3 is 3.05 bits per heavy atom. The molecule has 1 fully saturated rings. The molecule has 1 aromatic rings. The maximum Gasteiger partial charge on any atom is 0.255 e. The Labute approximate surface area is 132 Å². The molecular formula is C14H19BrN4O2. The summed E-state index contributed by atoms with van der Waals surface area (Å²) in [5, 5.41) is 8.82. The zero-order chi connectivity index (χ0) is 15.2. The molecule has 0 saturated carbocycles. The van der Waals surface area contributed by atoms with Gasteiger partial charge >= 0.3 is 0 Å². The van der Waals surface area contributed by atoms with Gasteiger partial charge in [0.2, 0.25) is 5.91 Å². The van der Waals surface area contributed by atoms with Crippen LogP contribution >= 0.6 is 15.9 Å². The summed E-state index contributed by atoms with van der Waals surface area (Å²) in [5.41, 5.74) is 0.502. The molecule has 2 amide bonds. The topological polar surface area (TPSA) is 83.1 Å². The van der Waals surface area contributed by atoms with Crippen molar-refractivity contribution in [2.24, 2.45) is 0 Å². The van der Waals surface area contributed by atoms with Crippen LogP contribution in [0.15, 0.2) is 16.7 Å². The van der Waals surface area contributed by atoms with Crippen molar-refractivity contribution in [1.82, 2.24) is 15.6 Å². The van der Waals surface area contributed by atoms with E-state index in [4.69, 9.17) is 0 Å². The van der Waals surface area contributed by atoms with Gasteiger partial charge in [-0.3, -0.25) is 9.59 Å². The van der Waals surface area contributed by atoms with E-state index in [0.717, 1.165) is 23.9 Å². The number of halogens is 1. The molecule has 2 rings (SSSR count). The van der Waals surface area contributed by atoms with Crippen molar-refractivity contribution < 1.29 is 9.59 Å². The van der Waals surface area contributed by atoms with Crippen molar-refractivity contribution in [3.8, 4) is 0 Å². The lowest BCUT2D eigenvalue weighted by Crippen LogP contribution is -2.38. The fourth-order valence-corrected chi connectivity index (χ4v) is 2.47. The van der Waals surface area contributed by atoms with Crippen LogP contribution in [0.1, 0.15) is 36.5 Å². The van der Waals surface area contributed by atoms with Gasteiger partial charge < -0.3 is 16.0 Å². The smallest absolute Gasteiger partial charge is 0.255 e. The highest BCUT2D eigenvalue weighted by Gasteiger charge is 2.22. The molecule has 3 N–H and O–H groups in total. The third kappa shape index (κ3) is 4.42. The number of hydrogen-bond donors (Lipinski definition) is 3. The van der Waals surface area contributed by atoms with Crippen molar-refractivity contribution in [3.63, 3.8) is 0 Å². The number of amides is 2. The maximum atomic E-state index is 12.3. The lowest BCUT2D eigenvalue weighted by molar-refractivity contribution is -0.119. The second-order valence-corrected chi connectivity index (χ2v) is 5.91. The summed E-state index contributed by atoms with van der Waals surface area (Å²) in [6.07, 6.45) is 3.90. The summed E-state index contributed by atoms with van der Waals surface area (Å²) in [6, 6.07) is 1.77. The maximum absolute atomic E-state index is 12.3. The van der Waals surface area contributed by atoms with Gasteiger partial charge in [0, 0.05) is 36.2 Å². The fourth-order valence-electron chi connectivity index (χ4n) is 2.14. The number of anilines is 1. The van der Waals surface area contributed by atoms with E-state index in [-0.39, 0.29) is 17.9 Å². The SMILES string of the molecule is CCCNc1ncc(Br)cc1C(=O)NCC1CCC(=O)N1. The molecule has 1 aliphatic rings. The number of carbonyl (C=O) groups is 2. The van der Waals surface area contributed by atoms with Crippen molar-refractivity contribution in [1.29, 1.82) is 0 Å². The van der Waals surface area contributed by atoms with Crippen LogP contribution in [0, 0.1) is 0 Å². The number of carbonyl (C=O) groups excluding carboxylic acids is 2. The Bertz CT molecular complexity index is 536. The highest BCUT2D eigenvalue weighted by molar-refractivity contribution is 9.10. The molecule has 1 aliphatic heterocycles. The van der Waals surface area contributed by atoms with Gasteiger partial charge in [-0.25, -0.2) is 4.98 Å². The number of hydrogen-bond acceptors (Lipinski definition) is 4. The van der Waals surface area contributed by atoms with E-state index in [9.17, 15) is 9.59 Å². The molecule has 0 bridgehead atoms. The molecule has 1 unspecified atom stereocenters. The van der Waals surface area contributed by atoms with Gasteiger partial charge in [0.25, 0.3) is 5.91 Å². The Morgan fingerprint density at radius 2 is 2.38 bits per heavy atom. The van der Waals surface area contributed by atoms with E-state index in [2.05, 4.69) is 36.9 Å². The third-order valence-electron chi connectivity index (χ3n) is 3.24. The number of nitrogens with one attached hydrogen (secondary N) is 3. The molecule has 0 aliphatic carbocycles. The Hall–Kier alpha value is -1.63. The van der Waals surface area contributed by atoms with E-state index in [1.807, 2.05) is 6.92 Å². The molecule has 21 heavy (non-hydrogen) atoms. The van der Waals surface area contributed by atoms with Crippen LogP contribution in [-0.2, 0) is 4.79 Å². The summed E-state index contributed by atoms with van der Waals surface area (Å²) in [6.45, 7) is 3.24. The van der Waals surface area contributed by atoms with E-state index < -0.39 is 0 Å². The van der Waals surface area contributed by atoms with Crippen molar-refractivity contribution in [3.05, 3.63) is 22.3 Å². The molecule has 114 valence electrons. The fraction of sp³-hybridized carbons (Fsp3) is 0.500. The molecule has 7 heteroatoms. The minimum atomic E-state index is -0.191. The normalized spacial score (nSPS) is 17.4. The average Bonchev–Trinajstić information content (AvgIpc) is 2.89. The molecular weight excluding hydrogens is 336 g/mol.